The molecule has 8 nitrogen and oxygen atoms in total. The van der Waals surface area contributed by atoms with Crippen LogP contribution in [0.15, 0.2) is 30.3 Å². The SMILES string of the molecule is CCn1nnc2c(C)c(C(CC(=O)OC)c3ccc4c(c3)CN(C(=O)N3CCCCC3)CC4)ccc21. The van der Waals surface area contributed by atoms with Gasteiger partial charge in [-0.2, -0.15) is 0 Å². The number of hydrogen-bond acceptors (Lipinski definition) is 5. The molecule has 1 saturated heterocycles. The van der Waals surface area contributed by atoms with Crippen molar-refractivity contribution in [3.8, 4) is 0 Å². The van der Waals surface area contributed by atoms with Crippen molar-refractivity contribution in [1.29, 1.82) is 0 Å². The minimum Gasteiger partial charge on any atom is -0.469 e. The first-order valence-corrected chi connectivity index (χ1v) is 13.0. The van der Waals surface area contributed by atoms with E-state index < -0.39 is 0 Å². The molecule has 0 spiro atoms. The average Bonchev–Trinajstić information content (AvgIpc) is 3.35. The second-order valence-corrected chi connectivity index (χ2v) is 9.92. The van der Waals surface area contributed by atoms with Gasteiger partial charge in [-0.25, -0.2) is 9.48 Å². The fourth-order valence-corrected chi connectivity index (χ4v) is 5.69. The van der Waals surface area contributed by atoms with Crippen LogP contribution < -0.4 is 0 Å². The normalized spacial score (nSPS) is 16.6. The Kier molecular flexibility index (Phi) is 6.94. The molecule has 3 heterocycles. The van der Waals surface area contributed by atoms with Gasteiger partial charge in [0.05, 0.1) is 19.0 Å². The first-order valence-electron chi connectivity index (χ1n) is 13.0. The number of urea groups is 1. The second kappa shape index (κ2) is 10.3. The third-order valence-electron chi connectivity index (χ3n) is 7.80. The molecular weight excluding hydrogens is 454 g/mol. The second-order valence-electron chi connectivity index (χ2n) is 9.92. The number of fused-ring (bicyclic) bond motifs is 2. The first kappa shape index (κ1) is 24.3. The number of aromatic nitrogens is 3. The van der Waals surface area contributed by atoms with E-state index in [4.69, 9.17) is 4.74 Å². The van der Waals surface area contributed by atoms with E-state index in [9.17, 15) is 9.59 Å². The number of nitrogens with zero attached hydrogens (tertiary/aromatic N) is 5. The van der Waals surface area contributed by atoms with Crippen LogP contribution in [0.1, 0.15) is 66.3 Å². The molecule has 5 rings (SSSR count). The number of piperidine rings is 1. The molecule has 0 aliphatic carbocycles. The van der Waals surface area contributed by atoms with Crippen molar-refractivity contribution in [2.45, 2.75) is 65.0 Å². The fraction of sp³-hybridized carbons (Fsp3) is 0.500. The number of amides is 2. The van der Waals surface area contributed by atoms with Crippen LogP contribution in [0, 0.1) is 6.92 Å². The summed E-state index contributed by atoms with van der Waals surface area (Å²) in [6.07, 6.45) is 4.47. The van der Waals surface area contributed by atoms with Crippen molar-refractivity contribution in [3.05, 3.63) is 58.1 Å². The molecule has 2 aromatic carbocycles. The van der Waals surface area contributed by atoms with Crippen molar-refractivity contribution in [2.75, 3.05) is 26.7 Å². The average molecular weight is 490 g/mol. The van der Waals surface area contributed by atoms with Crippen molar-refractivity contribution in [3.63, 3.8) is 0 Å². The monoisotopic (exact) mass is 489 g/mol. The predicted molar refractivity (Wildman–Crippen MR) is 138 cm³/mol. The molecule has 190 valence electrons. The van der Waals surface area contributed by atoms with Crippen molar-refractivity contribution < 1.29 is 14.3 Å². The van der Waals surface area contributed by atoms with Crippen molar-refractivity contribution in [2.24, 2.45) is 0 Å². The van der Waals surface area contributed by atoms with E-state index in [-0.39, 0.29) is 24.3 Å². The van der Waals surface area contributed by atoms with E-state index in [1.54, 1.807) is 0 Å². The van der Waals surface area contributed by atoms with Crippen LogP contribution in [0.5, 0.6) is 0 Å². The van der Waals surface area contributed by atoms with Gasteiger partial charge in [-0.3, -0.25) is 4.79 Å². The van der Waals surface area contributed by atoms with E-state index in [0.29, 0.717) is 6.54 Å². The van der Waals surface area contributed by atoms with Gasteiger partial charge in [0, 0.05) is 38.6 Å². The van der Waals surface area contributed by atoms with Crippen LogP contribution in [-0.2, 0) is 29.0 Å². The van der Waals surface area contributed by atoms with Gasteiger partial charge in [0.15, 0.2) is 0 Å². The summed E-state index contributed by atoms with van der Waals surface area (Å²) in [5.41, 5.74) is 7.42. The number of rotatable bonds is 5. The number of aryl methyl sites for hydroxylation is 2. The number of carbonyl (C=O) groups is 2. The van der Waals surface area contributed by atoms with E-state index in [2.05, 4.69) is 34.6 Å². The predicted octanol–water partition coefficient (Wildman–Crippen LogP) is 4.42. The molecular formula is C28H35N5O3. The number of methoxy groups -OCH3 is 1. The molecule has 3 aromatic rings. The zero-order valence-electron chi connectivity index (χ0n) is 21.5. The van der Waals surface area contributed by atoms with Crippen LogP contribution in [0.25, 0.3) is 11.0 Å². The summed E-state index contributed by atoms with van der Waals surface area (Å²) in [6.45, 7) is 7.90. The lowest BCUT2D eigenvalue weighted by molar-refractivity contribution is -0.140. The van der Waals surface area contributed by atoms with Gasteiger partial charge < -0.3 is 14.5 Å². The zero-order chi connectivity index (χ0) is 25.2. The Labute approximate surface area is 212 Å². The van der Waals surface area contributed by atoms with Gasteiger partial charge in [0.25, 0.3) is 0 Å². The molecule has 1 unspecified atom stereocenters. The number of hydrogen-bond donors (Lipinski definition) is 0. The highest BCUT2D eigenvalue weighted by atomic mass is 16.5. The number of likely N-dealkylation sites (tertiary alicyclic amines) is 1. The lowest BCUT2D eigenvalue weighted by atomic mass is 9.83. The van der Waals surface area contributed by atoms with Crippen LogP contribution in [0.4, 0.5) is 4.79 Å². The van der Waals surface area contributed by atoms with Gasteiger partial charge in [-0.1, -0.05) is 29.5 Å². The van der Waals surface area contributed by atoms with Gasteiger partial charge in [-0.05, 0) is 73.4 Å². The summed E-state index contributed by atoms with van der Waals surface area (Å²) in [5.74, 6) is -0.427. The lowest BCUT2D eigenvalue weighted by Crippen LogP contribution is -2.47. The van der Waals surface area contributed by atoms with Gasteiger partial charge >= 0.3 is 12.0 Å². The fourth-order valence-electron chi connectivity index (χ4n) is 5.69. The van der Waals surface area contributed by atoms with Crippen LogP contribution >= 0.6 is 0 Å². The summed E-state index contributed by atoms with van der Waals surface area (Å²) >= 11 is 0. The summed E-state index contributed by atoms with van der Waals surface area (Å²) in [4.78, 5) is 29.6. The number of carbonyl (C=O) groups excluding carboxylic acids is 2. The lowest BCUT2D eigenvalue weighted by Gasteiger charge is -2.36. The van der Waals surface area contributed by atoms with E-state index >= 15 is 0 Å². The van der Waals surface area contributed by atoms with Crippen molar-refractivity contribution in [1.82, 2.24) is 24.8 Å². The van der Waals surface area contributed by atoms with Crippen molar-refractivity contribution >= 4 is 23.0 Å². The molecule has 0 N–H and O–H groups in total. The molecule has 8 heteroatoms. The third kappa shape index (κ3) is 4.56. The molecule has 0 radical (unpaired) electrons. The summed E-state index contributed by atoms with van der Waals surface area (Å²) in [5, 5.41) is 8.70. The maximum absolute atomic E-state index is 13.2. The Morgan fingerprint density at radius 2 is 1.83 bits per heavy atom. The molecule has 2 aliphatic heterocycles. The zero-order valence-corrected chi connectivity index (χ0v) is 21.5. The standard InChI is InChI=1S/C28H35N5O3/c1-4-33-25-11-10-23(19(2)27(25)29-30-33)24(17-26(34)36-3)21-9-8-20-12-15-32(18-22(20)16-21)28(35)31-13-6-5-7-14-31/h8-11,16,24H,4-7,12-15,17-18H2,1-3H3. The smallest absolute Gasteiger partial charge is 0.320 e. The van der Waals surface area contributed by atoms with Crippen LogP contribution in [-0.4, -0.2) is 63.5 Å². The van der Waals surface area contributed by atoms with Crippen LogP contribution in [0.3, 0.4) is 0 Å². The van der Waals surface area contributed by atoms with Gasteiger partial charge in [-0.15, -0.1) is 5.10 Å². The Morgan fingerprint density at radius 1 is 1.03 bits per heavy atom. The Morgan fingerprint density at radius 3 is 2.58 bits per heavy atom. The highest BCUT2D eigenvalue weighted by molar-refractivity contribution is 5.80. The largest absolute Gasteiger partial charge is 0.469 e. The molecule has 0 bridgehead atoms. The molecule has 2 amide bonds. The third-order valence-corrected chi connectivity index (χ3v) is 7.80. The molecule has 0 saturated carbocycles. The molecule has 1 aromatic heterocycles. The summed E-state index contributed by atoms with van der Waals surface area (Å²) in [7, 11) is 1.43. The number of esters is 1. The number of benzene rings is 2. The Balaban J connectivity index is 1.48. The molecule has 1 atom stereocenters. The van der Waals surface area contributed by atoms with E-state index in [0.717, 1.165) is 78.7 Å². The molecule has 1 fully saturated rings. The van der Waals surface area contributed by atoms with Gasteiger partial charge in [0.1, 0.15) is 5.52 Å². The summed E-state index contributed by atoms with van der Waals surface area (Å²) < 4.78 is 6.95. The highest BCUT2D eigenvalue weighted by Gasteiger charge is 2.28. The minimum atomic E-state index is -0.253. The topological polar surface area (TPSA) is 80.6 Å². The quantitative estimate of drug-likeness (QED) is 0.496. The molecule has 2 aliphatic rings. The maximum Gasteiger partial charge on any atom is 0.320 e. The van der Waals surface area contributed by atoms with E-state index in [1.165, 1.54) is 19.1 Å². The summed E-state index contributed by atoms with van der Waals surface area (Å²) in [6, 6.07) is 10.8. The van der Waals surface area contributed by atoms with E-state index in [1.807, 2.05) is 34.4 Å². The first-order chi connectivity index (χ1) is 17.5. The Hall–Kier alpha value is -3.42. The Bertz CT molecular complexity index is 1280. The maximum atomic E-state index is 13.2. The highest BCUT2D eigenvalue weighted by Crippen LogP contribution is 2.35. The number of ether oxygens (including phenoxy) is 1. The van der Waals surface area contributed by atoms with Crippen LogP contribution in [0.2, 0.25) is 0 Å². The van der Waals surface area contributed by atoms with Gasteiger partial charge in [0.2, 0.25) is 0 Å². The minimum absolute atomic E-state index is 0.150. The molecule has 36 heavy (non-hydrogen) atoms.